The number of alkyl halides is 3. The second-order valence-corrected chi connectivity index (χ2v) is 11.7. The van der Waals surface area contributed by atoms with E-state index in [1.807, 2.05) is 19.9 Å². The summed E-state index contributed by atoms with van der Waals surface area (Å²) in [4.78, 5) is 40.4. The highest BCUT2D eigenvalue weighted by molar-refractivity contribution is 5.92. The number of halogens is 3. The van der Waals surface area contributed by atoms with Crippen molar-refractivity contribution in [3.63, 3.8) is 0 Å². The van der Waals surface area contributed by atoms with Crippen LogP contribution in [0.4, 0.5) is 13.2 Å². The van der Waals surface area contributed by atoms with Crippen molar-refractivity contribution in [2.24, 2.45) is 28.6 Å². The van der Waals surface area contributed by atoms with Crippen LogP contribution in [0.5, 0.6) is 0 Å². The van der Waals surface area contributed by atoms with Crippen molar-refractivity contribution in [3.8, 4) is 6.07 Å². The van der Waals surface area contributed by atoms with Crippen molar-refractivity contribution >= 4 is 17.7 Å². The lowest BCUT2D eigenvalue weighted by molar-refractivity contribution is -0.147. The molecule has 3 aliphatic rings. The van der Waals surface area contributed by atoms with Gasteiger partial charge in [-0.2, -0.15) is 18.4 Å². The van der Waals surface area contributed by atoms with E-state index in [0.717, 1.165) is 6.42 Å². The first-order valence-electron chi connectivity index (χ1n) is 12.2. The molecule has 11 heteroatoms. The Bertz CT molecular complexity index is 892. The predicted octanol–water partition coefficient (Wildman–Crippen LogP) is 1.96. The molecule has 3 fully saturated rings. The molecule has 0 spiro atoms. The van der Waals surface area contributed by atoms with E-state index >= 15 is 0 Å². The summed E-state index contributed by atoms with van der Waals surface area (Å²) in [6.45, 7) is 8.58. The lowest BCUT2D eigenvalue weighted by Gasteiger charge is -2.38. The number of carbonyl (C=O) groups is 3. The van der Waals surface area contributed by atoms with Gasteiger partial charge >= 0.3 is 6.18 Å². The topological polar surface area (TPSA) is 114 Å². The molecule has 1 aliphatic carbocycles. The molecule has 0 unspecified atom stereocenters. The normalized spacial score (nSPS) is 29.5. The molecule has 1 saturated carbocycles. The van der Waals surface area contributed by atoms with E-state index in [4.69, 9.17) is 0 Å². The van der Waals surface area contributed by atoms with Crippen LogP contribution < -0.4 is 16.0 Å². The first-order valence-corrected chi connectivity index (χ1v) is 12.2. The number of nitriles is 1. The van der Waals surface area contributed by atoms with Crippen LogP contribution >= 0.6 is 0 Å². The van der Waals surface area contributed by atoms with E-state index in [1.165, 1.54) is 4.90 Å². The zero-order valence-electron chi connectivity index (χ0n) is 21.0. The lowest BCUT2D eigenvalue weighted by Crippen LogP contribution is -2.59. The van der Waals surface area contributed by atoms with E-state index in [9.17, 15) is 32.8 Å². The average molecular weight is 500 g/mol. The molecule has 8 nitrogen and oxygen atoms in total. The minimum Gasteiger partial charge on any atom is -0.356 e. The zero-order chi connectivity index (χ0) is 26.3. The van der Waals surface area contributed by atoms with Gasteiger partial charge < -0.3 is 15.5 Å². The molecule has 0 aromatic rings. The second-order valence-electron chi connectivity index (χ2n) is 11.7. The average Bonchev–Trinajstić information content (AvgIpc) is 3.08. The Balaban J connectivity index is 1.77. The Morgan fingerprint density at radius 3 is 2.49 bits per heavy atom. The van der Waals surface area contributed by atoms with Gasteiger partial charge in [0.2, 0.25) is 17.7 Å². The van der Waals surface area contributed by atoms with Gasteiger partial charge in [0.15, 0.2) is 0 Å². The lowest BCUT2D eigenvalue weighted by atomic mass is 9.85. The van der Waals surface area contributed by atoms with Gasteiger partial charge in [-0.15, -0.1) is 0 Å². The SMILES string of the molecule is CC(C)(C)[C@H](NCC(F)(F)F)C(=O)N1C[C@H]2[C@@H]([C@H]1C(=O)N[C@H](C#N)C[C@@H]1CCCNC1=O)C2(C)C. The van der Waals surface area contributed by atoms with Crippen LogP contribution in [0.15, 0.2) is 0 Å². The first-order chi connectivity index (χ1) is 16.1. The van der Waals surface area contributed by atoms with Crippen molar-refractivity contribution in [3.05, 3.63) is 0 Å². The van der Waals surface area contributed by atoms with E-state index < -0.39 is 48.1 Å². The molecule has 0 aromatic heterocycles. The molecule has 3 rings (SSSR count). The van der Waals surface area contributed by atoms with E-state index in [1.54, 1.807) is 20.8 Å². The van der Waals surface area contributed by atoms with Gasteiger partial charge in [-0.3, -0.25) is 19.7 Å². The summed E-state index contributed by atoms with van der Waals surface area (Å²) < 4.78 is 38.7. The first kappa shape index (κ1) is 27.2. The van der Waals surface area contributed by atoms with Crippen molar-refractivity contribution in [1.82, 2.24) is 20.9 Å². The third kappa shape index (κ3) is 5.90. The van der Waals surface area contributed by atoms with Gasteiger partial charge in [-0.25, -0.2) is 0 Å². The maximum atomic E-state index is 13.5. The molecule has 2 aliphatic heterocycles. The van der Waals surface area contributed by atoms with Crippen LogP contribution in [0.25, 0.3) is 0 Å². The Labute approximate surface area is 204 Å². The summed E-state index contributed by atoms with van der Waals surface area (Å²) in [7, 11) is 0. The fourth-order valence-corrected chi connectivity index (χ4v) is 5.71. The number of nitrogens with zero attached hydrogens (tertiary/aromatic N) is 2. The number of nitrogens with one attached hydrogen (secondary N) is 3. The number of carbonyl (C=O) groups excluding carboxylic acids is 3. The third-order valence-electron chi connectivity index (χ3n) is 7.77. The van der Waals surface area contributed by atoms with Crippen LogP contribution in [0, 0.1) is 39.9 Å². The highest BCUT2D eigenvalue weighted by atomic mass is 19.4. The Morgan fingerprint density at radius 1 is 1.29 bits per heavy atom. The van der Waals surface area contributed by atoms with Crippen molar-refractivity contribution in [2.75, 3.05) is 19.6 Å². The van der Waals surface area contributed by atoms with Gasteiger partial charge in [-0.1, -0.05) is 34.6 Å². The van der Waals surface area contributed by atoms with E-state index in [0.29, 0.717) is 13.0 Å². The van der Waals surface area contributed by atoms with Gasteiger partial charge in [0.1, 0.15) is 12.1 Å². The number of hydrogen-bond donors (Lipinski definition) is 3. The molecule has 2 saturated heterocycles. The number of rotatable bonds is 7. The molecule has 0 bridgehead atoms. The summed E-state index contributed by atoms with van der Waals surface area (Å²) in [6.07, 6.45) is -2.89. The van der Waals surface area contributed by atoms with Crippen molar-refractivity contribution in [1.29, 1.82) is 5.26 Å². The molecule has 2 heterocycles. The largest absolute Gasteiger partial charge is 0.401 e. The maximum absolute atomic E-state index is 13.5. The summed E-state index contributed by atoms with van der Waals surface area (Å²) >= 11 is 0. The van der Waals surface area contributed by atoms with Crippen LogP contribution in [0.1, 0.15) is 53.9 Å². The van der Waals surface area contributed by atoms with Gasteiger partial charge in [0.05, 0.1) is 18.7 Å². The molecular formula is C24H36F3N5O3. The van der Waals surface area contributed by atoms with Crippen LogP contribution in [-0.2, 0) is 14.4 Å². The van der Waals surface area contributed by atoms with Crippen LogP contribution in [0.2, 0.25) is 0 Å². The van der Waals surface area contributed by atoms with Crippen molar-refractivity contribution < 1.29 is 27.6 Å². The Hall–Kier alpha value is -2.35. The molecule has 0 aromatic carbocycles. The number of likely N-dealkylation sites (tertiary alicyclic amines) is 1. The molecule has 3 N–H and O–H groups in total. The second kappa shape index (κ2) is 9.60. The smallest absolute Gasteiger partial charge is 0.356 e. The summed E-state index contributed by atoms with van der Waals surface area (Å²) in [6, 6.07) is -0.877. The number of fused-ring (bicyclic) bond motifs is 1. The minimum absolute atomic E-state index is 0.0510. The van der Waals surface area contributed by atoms with Gasteiger partial charge in [-0.05, 0) is 41.9 Å². The Kier molecular flexibility index (Phi) is 7.47. The molecule has 35 heavy (non-hydrogen) atoms. The summed E-state index contributed by atoms with van der Waals surface area (Å²) in [5.74, 6) is -1.66. The predicted molar refractivity (Wildman–Crippen MR) is 121 cm³/mol. The van der Waals surface area contributed by atoms with Crippen LogP contribution in [-0.4, -0.2) is 66.6 Å². The number of piperidine rings is 2. The third-order valence-corrected chi connectivity index (χ3v) is 7.77. The standard InChI is InChI=1S/C24H36F3N5O3/c1-22(2,3)18(30-12-24(25,26)27)21(35)32-11-15-16(23(15,4)5)17(32)20(34)31-14(10-28)9-13-7-6-8-29-19(13)33/h13-18,30H,6-9,11-12H2,1-5H3,(H,29,33)(H,31,34)/t13-,14-,15-,16-,17-,18+/m0/s1. The van der Waals surface area contributed by atoms with Gasteiger partial charge in [0.25, 0.3) is 0 Å². The monoisotopic (exact) mass is 499 g/mol. The maximum Gasteiger partial charge on any atom is 0.401 e. The minimum atomic E-state index is -4.48. The molecule has 6 atom stereocenters. The van der Waals surface area contributed by atoms with Crippen LogP contribution in [0.3, 0.4) is 0 Å². The highest BCUT2D eigenvalue weighted by Gasteiger charge is 2.69. The Morgan fingerprint density at radius 2 is 1.94 bits per heavy atom. The molecule has 196 valence electrons. The molecular weight excluding hydrogens is 463 g/mol. The fraction of sp³-hybridized carbons (Fsp3) is 0.833. The van der Waals surface area contributed by atoms with Crippen molar-refractivity contribution in [2.45, 2.75) is 78.2 Å². The van der Waals surface area contributed by atoms with E-state index in [-0.39, 0.29) is 42.0 Å². The molecule has 3 amide bonds. The summed E-state index contributed by atoms with van der Waals surface area (Å²) in [5, 5.41) is 17.5. The fourth-order valence-electron chi connectivity index (χ4n) is 5.71. The quantitative estimate of drug-likeness (QED) is 0.496. The number of amides is 3. The van der Waals surface area contributed by atoms with Gasteiger partial charge in [0, 0.05) is 19.0 Å². The highest BCUT2D eigenvalue weighted by Crippen LogP contribution is 2.65. The zero-order valence-corrected chi connectivity index (χ0v) is 21.0. The summed E-state index contributed by atoms with van der Waals surface area (Å²) in [5.41, 5.74) is -1.02. The van der Waals surface area contributed by atoms with E-state index in [2.05, 4.69) is 16.0 Å². The number of hydrogen-bond acceptors (Lipinski definition) is 5. The molecule has 0 radical (unpaired) electrons.